The van der Waals surface area contributed by atoms with Crippen LogP contribution in [0.1, 0.15) is 5.56 Å². The maximum absolute atomic E-state index is 12.7. The molecule has 0 atom stereocenters. The molecule has 128 valence electrons. The van der Waals surface area contributed by atoms with Gasteiger partial charge in [-0.15, -0.1) is 0 Å². The van der Waals surface area contributed by atoms with Gasteiger partial charge in [0, 0.05) is 17.0 Å². The van der Waals surface area contributed by atoms with Gasteiger partial charge >= 0.3 is 0 Å². The normalized spacial score (nSPS) is 13.1. The number of rotatable bonds is 5. The second-order valence-corrected chi connectivity index (χ2v) is 6.96. The molecule has 8 nitrogen and oxygen atoms in total. The van der Waals surface area contributed by atoms with Gasteiger partial charge in [-0.05, 0) is 12.1 Å². The molecule has 24 heavy (non-hydrogen) atoms. The second kappa shape index (κ2) is 6.33. The van der Waals surface area contributed by atoms with E-state index in [1.807, 2.05) is 0 Å². The Hall–Kier alpha value is -2.26. The maximum atomic E-state index is 12.7. The SMILES string of the molecule is COc1cc(OC)nc(NS(=O)(=O)c2cc(Cl)cc3c2OCC3)n1. The standard InChI is InChI=1S/C14H14ClN3O5S/c1-21-11-7-12(22-2)17-14(16-11)18-24(19,20)10-6-9(15)5-8-3-4-23-13(8)10/h5-7H,3-4H2,1-2H3,(H,16,17,18). The summed E-state index contributed by atoms with van der Waals surface area (Å²) >= 11 is 6.01. The molecular formula is C14H14ClN3O5S. The average Bonchev–Trinajstić information content (AvgIpc) is 3.01. The number of aromatic nitrogens is 2. The van der Waals surface area contributed by atoms with Crippen molar-refractivity contribution in [3.8, 4) is 17.5 Å². The van der Waals surface area contributed by atoms with Gasteiger partial charge in [0.2, 0.25) is 17.7 Å². The van der Waals surface area contributed by atoms with Crippen LogP contribution in [-0.2, 0) is 16.4 Å². The number of ether oxygens (including phenoxy) is 3. The van der Waals surface area contributed by atoms with Crippen LogP contribution in [0.2, 0.25) is 5.02 Å². The highest BCUT2D eigenvalue weighted by molar-refractivity contribution is 7.92. The zero-order valence-corrected chi connectivity index (χ0v) is 14.4. The van der Waals surface area contributed by atoms with Crippen LogP contribution in [0, 0.1) is 0 Å². The number of halogens is 1. The number of nitrogens with one attached hydrogen (secondary N) is 1. The Balaban J connectivity index is 2.01. The number of hydrogen-bond acceptors (Lipinski definition) is 7. The molecule has 3 rings (SSSR count). The van der Waals surface area contributed by atoms with E-state index >= 15 is 0 Å². The summed E-state index contributed by atoms with van der Waals surface area (Å²) in [7, 11) is -1.21. The Labute approximate surface area is 143 Å². The monoisotopic (exact) mass is 371 g/mol. The predicted octanol–water partition coefficient (Wildman–Crippen LogP) is 1.88. The van der Waals surface area contributed by atoms with Crippen LogP contribution in [-0.4, -0.2) is 39.2 Å². The molecule has 0 saturated heterocycles. The van der Waals surface area contributed by atoms with E-state index in [4.69, 9.17) is 25.8 Å². The molecule has 2 aromatic rings. The van der Waals surface area contributed by atoms with E-state index in [-0.39, 0.29) is 22.6 Å². The van der Waals surface area contributed by atoms with Crippen LogP contribution in [0.4, 0.5) is 5.95 Å². The smallest absolute Gasteiger partial charge is 0.267 e. The van der Waals surface area contributed by atoms with Crippen LogP contribution in [0.3, 0.4) is 0 Å². The number of nitrogens with zero attached hydrogens (tertiary/aromatic N) is 2. The number of sulfonamides is 1. The summed E-state index contributed by atoms with van der Waals surface area (Å²) < 4.78 is 43.1. The lowest BCUT2D eigenvalue weighted by Crippen LogP contribution is -2.16. The highest BCUT2D eigenvalue weighted by atomic mass is 35.5. The predicted molar refractivity (Wildman–Crippen MR) is 86.6 cm³/mol. The van der Waals surface area contributed by atoms with E-state index in [1.165, 1.54) is 26.4 Å². The molecule has 0 amide bonds. The van der Waals surface area contributed by atoms with E-state index in [0.717, 1.165) is 5.56 Å². The molecule has 0 bridgehead atoms. The average molecular weight is 372 g/mol. The molecule has 0 aliphatic carbocycles. The highest BCUT2D eigenvalue weighted by Crippen LogP contribution is 2.36. The van der Waals surface area contributed by atoms with Crippen molar-refractivity contribution in [2.24, 2.45) is 0 Å². The minimum atomic E-state index is -4.01. The lowest BCUT2D eigenvalue weighted by atomic mass is 10.2. The molecule has 1 N–H and O–H groups in total. The van der Waals surface area contributed by atoms with Gasteiger partial charge in [-0.1, -0.05) is 11.6 Å². The first-order valence-corrected chi connectivity index (χ1v) is 8.74. The molecule has 0 unspecified atom stereocenters. The third-order valence-electron chi connectivity index (χ3n) is 3.33. The Bertz CT molecular complexity index is 866. The van der Waals surface area contributed by atoms with Crippen LogP contribution in [0.5, 0.6) is 17.5 Å². The molecule has 2 heterocycles. The van der Waals surface area contributed by atoms with Crippen molar-refractivity contribution < 1.29 is 22.6 Å². The van der Waals surface area contributed by atoms with Gasteiger partial charge in [0.25, 0.3) is 10.0 Å². The lowest BCUT2D eigenvalue weighted by Gasteiger charge is -2.12. The number of benzene rings is 1. The van der Waals surface area contributed by atoms with Crippen molar-refractivity contribution in [1.29, 1.82) is 0 Å². The van der Waals surface area contributed by atoms with Crippen LogP contribution in [0.15, 0.2) is 23.1 Å². The van der Waals surface area contributed by atoms with E-state index in [1.54, 1.807) is 6.07 Å². The van der Waals surface area contributed by atoms with Crippen molar-refractivity contribution in [3.63, 3.8) is 0 Å². The first kappa shape index (κ1) is 16.6. The summed E-state index contributed by atoms with van der Waals surface area (Å²) in [4.78, 5) is 7.84. The van der Waals surface area contributed by atoms with Crippen LogP contribution >= 0.6 is 11.6 Å². The lowest BCUT2D eigenvalue weighted by molar-refractivity contribution is 0.348. The van der Waals surface area contributed by atoms with Gasteiger partial charge in [-0.3, -0.25) is 0 Å². The fourth-order valence-electron chi connectivity index (χ4n) is 2.27. The minimum Gasteiger partial charge on any atom is -0.492 e. The Morgan fingerprint density at radius 1 is 1.17 bits per heavy atom. The summed E-state index contributed by atoms with van der Waals surface area (Å²) in [6, 6.07) is 4.44. The Morgan fingerprint density at radius 3 is 2.46 bits per heavy atom. The summed E-state index contributed by atoms with van der Waals surface area (Å²) in [6.45, 7) is 0.404. The van der Waals surface area contributed by atoms with Gasteiger partial charge < -0.3 is 14.2 Å². The zero-order valence-electron chi connectivity index (χ0n) is 12.9. The Kier molecular flexibility index (Phi) is 4.37. The molecular weight excluding hydrogens is 358 g/mol. The van der Waals surface area contributed by atoms with Crippen LogP contribution < -0.4 is 18.9 Å². The molecule has 0 saturated carbocycles. The Morgan fingerprint density at radius 2 is 1.83 bits per heavy atom. The van der Waals surface area contributed by atoms with Gasteiger partial charge in [0.05, 0.1) is 26.9 Å². The molecule has 1 aliphatic rings. The second-order valence-electron chi connectivity index (χ2n) is 4.87. The van der Waals surface area contributed by atoms with Crippen molar-refractivity contribution in [1.82, 2.24) is 9.97 Å². The van der Waals surface area contributed by atoms with E-state index in [0.29, 0.717) is 23.8 Å². The molecule has 1 aromatic carbocycles. The van der Waals surface area contributed by atoms with E-state index < -0.39 is 10.0 Å². The van der Waals surface area contributed by atoms with E-state index in [2.05, 4.69) is 14.7 Å². The number of methoxy groups -OCH3 is 2. The first-order valence-electron chi connectivity index (χ1n) is 6.88. The van der Waals surface area contributed by atoms with Gasteiger partial charge in [0.15, 0.2) is 0 Å². The maximum Gasteiger partial charge on any atom is 0.267 e. The summed E-state index contributed by atoms with van der Waals surface area (Å²) in [5.41, 5.74) is 0.743. The summed E-state index contributed by atoms with van der Waals surface area (Å²) in [5.74, 6) is 0.430. The fourth-order valence-corrected chi connectivity index (χ4v) is 3.73. The molecule has 0 fully saturated rings. The van der Waals surface area contributed by atoms with Gasteiger partial charge in [-0.2, -0.15) is 9.97 Å². The molecule has 0 radical (unpaired) electrons. The number of anilines is 1. The summed E-state index contributed by atoms with van der Waals surface area (Å²) in [6.07, 6.45) is 0.599. The van der Waals surface area contributed by atoms with Crippen molar-refractivity contribution in [3.05, 3.63) is 28.8 Å². The minimum absolute atomic E-state index is 0.0621. The summed E-state index contributed by atoms with van der Waals surface area (Å²) in [5, 5.41) is 0.309. The van der Waals surface area contributed by atoms with E-state index in [9.17, 15) is 8.42 Å². The molecule has 10 heteroatoms. The van der Waals surface area contributed by atoms with Crippen LogP contribution in [0.25, 0.3) is 0 Å². The topological polar surface area (TPSA) is 99.6 Å². The third kappa shape index (κ3) is 3.17. The molecule has 1 aliphatic heterocycles. The van der Waals surface area contributed by atoms with Crippen molar-refractivity contribution >= 4 is 27.6 Å². The van der Waals surface area contributed by atoms with Gasteiger partial charge in [0.1, 0.15) is 10.6 Å². The fraction of sp³-hybridized carbons (Fsp3) is 0.286. The van der Waals surface area contributed by atoms with Crippen molar-refractivity contribution in [2.45, 2.75) is 11.3 Å². The van der Waals surface area contributed by atoms with Gasteiger partial charge in [-0.25, -0.2) is 13.1 Å². The highest BCUT2D eigenvalue weighted by Gasteiger charge is 2.27. The van der Waals surface area contributed by atoms with Crippen molar-refractivity contribution in [2.75, 3.05) is 25.5 Å². The zero-order chi connectivity index (χ0) is 17.3. The number of hydrogen-bond donors (Lipinski definition) is 1. The number of fused-ring (bicyclic) bond motifs is 1. The first-order chi connectivity index (χ1) is 11.4. The molecule has 0 spiro atoms. The molecule has 1 aromatic heterocycles. The quantitative estimate of drug-likeness (QED) is 0.856. The third-order valence-corrected chi connectivity index (χ3v) is 4.88. The largest absolute Gasteiger partial charge is 0.492 e.